The molecule has 23 nitrogen and oxygen atoms in total. The van der Waals surface area contributed by atoms with Crippen LogP contribution in [-0.4, -0.2) is 186 Å². The zero-order valence-corrected chi connectivity index (χ0v) is 46.7. The summed E-state index contributed by atoms with van der Waals surface area (Å²) in [5, 5.41) is 9.38. The number of anilines is 1. The molecule has 5 aromatic rings. The number of halogens is 1. The number of rotatable bonds is 28. The number of aryl methyl sites for hydroxylation is 1. The minimum absolute atomic E-state index is 0.0172. The maximum absolute atomic E-state index is 14.3. The van der Waals surface area contributed by atoms with Gasteiger partial charge in [0.05, 0.1) is 89.6 Å². The first kappa shape index (κ1) is 59.8. The zero-order chi connectivity index (χ0) is 57.7. The van der Waals surface area contributed by atoms with Gasteiger partial charge in [0.2, 0.25) is 5.91 Å². The number of nitrogens with zero attached hydrogens (tertiary/aromatic N) is 5. The zero-order valence-electron chi connectivity index (χ0n) is 46.0. The molecule has 0 radical (unpaired) electrons. The summed E-state index contributed by atoms with van der Waals surface area (Å²) in [6, 6.07) is 15.5. The lowest BCUT2D eigenvalue weighted by Gasteiger charge is -2.35. The van der Waals surface area contributed by atoms with Crippen LogP contribution in [0.15, 0.2) is 76.3 Å². The Kier molecular flexibility index (Phi) is 20.5. The number of aromatic amines is 1. The Labute approximate surface area is 466 Å². The third kappa shape index (κ3) is 14.1. The fraction of sp³-hybridized carbons (Fsp3) is 0.429. The van der Waals surface area contributed by atoms with E-state index in [1.807, 2.05) is 0 Å². The number of aromatic nitrogens is 1. The molecule has 7 rings (SSSR count). The van der Waals surface area contributed by atoms with E-state index in [1.165, 1.54) is 38.3 Å². The van der Waals surface area contributed by atoms with Crippen LogP contribution in [0.4, 0.5) is 10.5 Å². The Balaban J connectivity index is 0.850. The summed E-state index contributed by atoms with van der Waals surface area (Å²) in [6.07, 6.45) is 1.62. The quantitative estimate of drug-likeness (QED) is 0.0146. The van der Waals surface area contributed by atoms with Crippen molar-refractivity contribution in [3.8, 4) is 17.2 Å². The largest absolute Gasteiger partial charge is 0.497 e. The minimum atomic E-state index is -1.50. The van der Waals surface area contributed by atoms with E-state index in [0.717, 1.165) is 14.8 Å². The van der Waals surface area contributed by atoms with Crippen molar-refractivity contribution in [3.05, 3.63) is 94.9 Å². The molecule has 4 heterocycles. The van der Waals surface area contributed by atoms with Gasteiger partial charge in [-0.2, -0.15) is 5.10 Å². The molecule has 3 aromatic carbocycles. The van der Waals surface area contributed by atoms with E-state index in [-0.39, 0.29) is 61.5 Å². The highest BCUT2D eigenvalue weighted by Crippen LogP contribution is 2.48. The Morgan fingerprint density at radius 2 is 1.48 bits per heavy atom. The van der Waals surface area contributed by atoms with Crippen LogP contribution in [0.1, 0.15) is 70.8 Å². The monoisotopic (exact) mass is 1130 g/mol. The van der Waals surface area contributed by atoms with Gasteiger partial charge in [0.1, 0.15) is 29.2 Å². The van der Waals surface area contributed by atoms with Gasteiger partial charge in [0, 0.05) is 86.6 Å². The number of H-pyrrole nitrogens is 1. The Hall–Kier alpha value is -7.83. The lowest BCUT2D eigenvalue weighted by molar-refractivity contribution is -0.139. The van der Waals surface area contributed by atoms with Crippen LogP contribution in [0.5, 0.6) is 17.2 Å². The fourth-order valence-electron chi connectivity index (χ4n) is 8.91. The first-order chi connectivity index (χ1) is 38.4. The molecule has 6 amide bonds. The molecule has 80 heavy (non-hydrogen) atoms. The Morgan fingerprint density at radius 1 is 0.850 bits per heavy atom. The second kappa shape index (κ2) is 27.4. The van der Waals surface area contributed by atoms with Gasteiger partial charge in [-0.3, -0.25) is 33.8 Å². The number of amides is 6. The van der Waals surface area contributed by atoms with Crippen LogP contribution < -0.4 is 24.4 Å². The first-order valence-corrected chi connectivity index (χ1v) is 26.3. The Morgan fingerprint density at radius 3 is 2.10 bits per heavy atom. The molecule has 24 heteroatoms. The predicted molar refractivity (Wildman–Crippen MR) is 294 cm³/mol. The van der Waals surface area contributed by atoms with Crippen molar-refractivity contribution < 1.29 is 75.9 Å². The van der Waals surface area contributed by atoms with Crippen LogP contribution in [0.25, 0.3) is 21.9 Å². The van der Waals surface area contributed by atoms with Crippen LogP contribution in [-0.2, 0) is 42.9 Å². The fourth-order valence-corrected chi connectivity index (χ4v) is 9.17. The molecular formula is C56H66ClN7O16. The van der Waals surface area contributed by atoms with Crippen LogP contribution in [0.2, 0.25) is 0 Å². The average molecular weight is 1130 g/mol. The summed E-state index contributed by atoms with van der Waals surface area (Å²) >= 11 is 6.57. The van der Waals surface area contributed by atoms with Crippen LogP contribution >= 0.6 is 11.6 Å². The predicted octanol–water partition coefficient (Wildman–Crippen LogP) is 5.97. The lowest BCUT2D eigenvalue weighted by atomic mass is 9.95. The van der Waals surface area contributed by atoms with E-state index in [1.54, 1.807) is 89.4 Å². The van der Waals surface area contributed by atoms with Crippen molar-refractivity contribution in [2.45, 2.75) is 45.6 Å². The van der Waals surface area contributed by atoms with Gasteiger partial charge < -0.3 is 57.5 Å². The van der Waals surface area contributed by atoms with Crippen molar-refractivity contribution >= 4 is 86.5 Å². The van der Waals surface area contributed by atoms with E-state index < -0.39 is 47.1 Å². The standard InChI is InChI=1S/C56H66ClN7O16/c1-34(36-9-11-39(12-10-36)78-28-27-77-26-25-76-24-23-75-22-21-74-20-17-45(65)58-18-19-63-46(66)15-16-47(63)67)60-62(6)54(70)56(3,4)61(5)55(71)80-43-31-41-49(50-48(53(69)73-8)35(2)59-51(43)50)38(32-57)33-64(41)52(68)44-30-37-29-40(72-7)13-14-42(37)79-44/h9-16,29-31,38,59H,17-28,32-33H2,1-8H3,(H,58,65)/b60-34+/t38-/m1/s1. The van der Waals surface area contributed by atoms with Crippen molar-refractivity contribution in [2.24, 2.45) is 5.10 Å². The number of alkyl halides is 1. The normalized spacial score (nSPS) is 14.3. The molecule has 428 valence electrons. The molecule has 0 aliphatic carbocycles. The molecule has 2 aliphatic heterocycles. The number of carbonyl (C=O) groups is 7. The summed E-state index contributed by atoms with van der Waals surface area (Å²) in [6.45, 7) is 9.87. The smallest absolute Gasteiger partial charge is 0.415 e. The Bertz CT molecular complexity index is 3130. The molecule has 0 spiro atoms. The number of carbonyl (C=O) groups excluding carboxylic acids is 7. The van der Waals surface area contributed by atoms with Gasteiger partial charge in [0.25, 0.3) is 23.6 Å². The topological polar surface area (TPSA) is 260 Å². The number of furan rings is 1. The van der Waals surface area contributed by atoms with Crippen molar-refractivity contribution in [1.82, 2.24) is 25.1 Å². The van der Waals surface area contributed by atoms with Gasteiger partial charge in [-0.15, -0.1) is 11.6 Å². The van der Waals surface area contributed by atoms with E-state index in [0.29, 0.717) is 114 Å². The number of hydrogen-bond donors (Lipinski definition) is 2. The van der Waals surface area contributed by atoms with Crippen molar-refractivity contribution in [2.75, 3.05) is 118 Å². The SMILES string of the molecule is COC(=O)c1c(C)[nH]c2c(OC(=O)N(C)C(C)(C)C(=O)N(C)/N=C(\C)c3ccc(OCCOCCOCCOCCOCCC(=O)NCCN4C(=O)C=CC4=O)cc3)cc3c(c12)[C@H](CCl)CN3C(=O)c1cc2cc(OC)ccc2o1. The van der Waals surface area contributed by atoms with Gasteiger partial charge in [-0.05, 0) is 87.4 Å². The highest BCUT2D eigenvalue weighted by Gasteiger charge is 2.42. The summed E-state index contributed by atoms with van der Waals surface area (Å²) in [5.74, 6) is -1.84. The number of benzene rings is 3. The second-order valence-corrected chi connectivity index (χ2v) is 19.3. The molecule has 1 atom stereocenters. The van der Waals surface area contributed by atoms with Crippen LogP contribution in [0, 0.1) is 6.92 Å². The minimum Gasteiger partial charge on any atom is -0.497 e. The number of esters is 1. The van der Waals surface area contributed by atoms with Crippen molar-refractivity contribution in [3.63, 3.8) is 0 Å². The van der Waals surface area contributed by atoms with Gasteiger partial charge >= 0.3 is 12.1 Å². The maximum Gasteiger partial charge on any atom is 0.415 e. The summed E-state index contributed by atoms with van der Waals surface area (Å²) in [7, 11) is 5.71. The average Bonchev–Trinajstić information content (AvgIpc) is 4.25. The molecule has 0 fully saturated rings. The molecule has 2 aromatic heterocycles. The number of hydrogen-bond acceptors (Lipinski definition) is 17. The van der Waals surface area contributed by atoms with E-state index in [2.05, 4.69) is 15.4 Å². The molecule has 2 N–H and O–H groups in total. The van der Waals surface area contributed by atoms with E-state index in [9.17, 15) is 33.6 Å². The number of nitrogens with one attached hydrogen (secondary N) is 2. The summed E-state index contributed by atoms with van der Waals surface area (Å²) in [5.41, 5.74) is 2.04. The van der Waals surface area contributed by atoms with Gasteiger partial charge in [0.15, 0.2) is 11.5 Å². The number of methoxy groups -OCH3 is 2. The molecule has 0 unspecified atom stereocenters. The van der Waals surface area contributed by atoms with E-state index in [4.69, 9.17) is 53.9 Å². The number of fused-ring (bicyclic) bond motifs is 4. The number of ether oxygens (including phenoxy) is 8. The molecule has 2 aliphatic rings. The van der Waals surface area contributed by atoms with Gasteiger partial charge in [-0.25, -0.2) is 14.6 Å². The van der Waals surface area contributed by atoms with E-state index >= 15 is 0 Å². The van der Waals surface area contributed by atoms with Crippen LogP contribution in [0.3, 0.4) is 0 Å². The maximum atomic E-state index is 14.3. The lowest BCUT2D eigenvalue weighted by Crippen LogP contribution is -2.55. The first-order valence-electron chi connectivity index (χ1n) is 25.7. The van der Waals surface area contributed by atoms with Crippen molar-refractivity contribution in [1.29, 1.82) is 0 Å². The molecular weight excluding hydrogens is 1060 g/mol. The molecule has 0 saturated heterocycles. The third-order valence-electron chi connectivity index (χ3n) is 13.4. The summed E-state index contributed by atoms with van der Waals surface area (Å²) < 4.78 is 50.5. The number of likely N-dealkylation sites (N-methyl/N-ethyl adjacent to an activating group) is 2. The highest BCUT2D eigenvalue weighted by molar-refractivity contribution is 6.20. The summed E-state index contributed by atoms with van der Waals surface area (Å²) in [4.78, 5) is 97.9. The van der Waals surface area contributed by atoms with Gasteiger partial charge in [-0.1, -0.05) is 0 Å². The number of hydrazone groups is 1. The number of imide groups is 1. The molecule has 0 saturated carbocycles. The second-order valence-electron chi connectivity index (χ2n) is 19.0. The highest BCUT2D eigenvalue weighted by atomic mass is 35.5. The third-order valence-corrected chi connectivity index (χ3v) is 13.8. The molecule has 0 bridgehead atoms.